The van der Waals surface area contributed by atoms with Crippen LogP contribution in [0, 0.1) is 0 Å². The van der Waals surface area contributed by atoms with Crippen LogP contribution in [-0.4, -0.2) is 19.7 Å². The van der Waals surface area contributed by atoms with E-state index in [1.54, 1.807) is 12.3 Å². The fraction of sp³-hybridized carbons (Fsp3) is 0.278. The third-order valence-corrected chi connectivity index (χ3v) is 4.13. The number of nitrogens with zero attached hydrogens (tertiary/aromatic N) is 4. The third-order valence-electron chi connectivity index (χ3n) is 4.13. The summed E-state index contributed by atoms with van der Waals surface area (Å²) in [4.78, 5) is 8.82. The summed E-state index contributed by atoms with van der Waals surface area (Å²) in [5.41, 5.74) is 1.71. The van der Waals surface area contributed by atoms with Gasteiger partial charge in [0, 0.05) is 25.7 Å². The molecule has 1 aliphatic heterocycles. The van der Waals surface area contributed by atoms with Crippen molar-refractivity contribution in [3.8, 4) is 5.75 Å². The molecule has 0 amide bonds. The summed E-state index contributed by atoms with van der Waals surface area (Å²) in [6, 6.07) is 9.60. The predicted molar refractivity (Wildman–Crippen MR) is 86.4 cm³/mol. The molecule has 0 N–H and O–H groups in total. The first-order valence-corrected chi connectivity index (χ1v) is 7.96. The Hall–Kier alpha value is -2.83. The minimum Gasteiger partial charge on any atom is -0.482 e. The Kier molecular flexibility index (Phi) is 3.71. The van der Waals surface area contributed by atoms with Crippen molar-refractivity contribution in [1.29, 1.82) is 0 Å². The Morgan fingerprint density at radius 3 is 2.88 bits per heavy atom. The van der Waals surface area contributed by atoms with Crippen LogP contribution in [0.1, 0.15) is 35.7 Å². The number of ether oxygens (including phenoxy) is 1. The summed E-state index contributed by atoms with van der Waals surface area (Å²) in [5.74, 6) is -1.47. The molecule has 0 aliphatic carbocycles. The average molecular weight is 342 g/mol. The van der Waals surface area contributed by atoms with Gasteiger partial charge in [0.05, 0.1) is 24.0 Å². The van der Waals surface area contributed by atoms with Crippen LogP contribution in [-0.2, 0) is 18.9 Å². The van der Waals surface area contributed by atoms with Crippen molar-refractivity contribution in [2.45, 2.75) is 31.9 Å². The topological polar surface area (TPSA) is 52.8 Å². The van der Waals surface area contributed by atoms with Gasteiger partial charge in [-0.15, -0.1) is 0 Å². The molecule has 4 rings (SSSR count). The molecule has 0 bridgehead atoms. The molecule has 0 fully saturated rings. The molecular formula is C18H16F2N4O. The van der Waals surface area contributed by atoms with Gasteiger partial charge >= 0.3 is 0 Å². The highest BCUT2D eigenvalue weighted by atomic mass is 19.3. The highest BCUT2D eigenvalue weighted by molar-refractivity contribution is 5.38. The largest absolute Gasteiger partial charge is 0.482 e. The Morgan fingerprint density at radius 2 is 2.12 bits per heavy atom. The number of aromatic nitrogens is 4. The standard InChI is InChI=1S/C18H16F2N4O/c1-18(19,20)13-9-22-24(10-13)11-14-6-7-21-17(23-14)16-8-12-4-2-3-5-15(12)25-16/h2-7,9-10,16H,8,11H2,1H3. The molecule has 1 aromatic carbocycles. The van der Waals surface area contributed by atoms with Gasteiger partial charge < -0.3 is 4.74 Å². The van der Waals surface area contributed by atoms with E-state index in [0.717, 1.165) is 18.2 Å². The Bertz CT molecular complexity index is 879. The molecular weight excluding hydrogens is 326 g/mol. The number of para-hydroxylation sites is 1. The monoisotopic (exact) mass is 342 g/mol. The van der Waals surface area contributed by atoms with E-state index in [4.69, 9.17) is 4.74 Å². The van der Waals surface area contributed by atoms with Gasteiger partial charge in [0.1, 0.15) is 5.75 Å². The minimum absolute atomic E-state index is 0.114. The lowest BCUT2D eigenvalue weighted by molar-refractivity contribution is 0.0174. The smallest absolute Gasteiger partial charge is 0.273 e. The van der Waals surface area contributed by atoms with Gasteiger partial charge in [-0.2, -0.15) is 5.10 Å². The number of fused-ring (bicyclic) bond motifs is 1. The molecule has 1 aliphatic rings. The Morgan fingerprint density at radius 1 is 1.28 bits per heavy atom. The summed E-state index contributed by atoms with van der Waals surface area (Å²) < 4.78 is 34.0. The highest BCUT2D eigenvalue weighted by Gasteiger charge is 2.27. The Labute approximate surface area is 143 Å². The van der Waals surface area contributed by atoms with Gasteiger partial charge in [-0.3, -0.25) is 4.68 Å². The maximum atomic E-state index is 13.3. The summed E-state index contributed by atoms with van der Waals surface area (Å²) in [6.07, 6.45) is 4.66. The summed E-state index contributed by atoms with van der Waals surface area (Å²) in [5, 5.41) is 3.98. The quantitative estimate of drug-likeness (QED) is 0.728. The van der Waals surface area contributed by atoms with Gasteiger partial charge in [0.2, 0.25) is 0 Å². The normalized spacial score (nSPS) is 16.5. The molecule has 0 saturated heterocycles. The van der Waals surface area contributed by atoms with E-state index in [-0.39, 0.29) is 11.7 Å². The molecule has 3 aromatic rings. The van der Waals surface area contributed by atoms with Crippen LogP contribution < -0.4 is 4.74 Å². The molecule has 1 unspecified atom stereocenters. The number of rotatable bonds is 4. The van der Waals surface area contributed by atoms with Crippen molar-refractivity contribution in [3.05, 3.63) is 71.6 Å². The lowest BCUT2D eigenvalue weighted by Gasteiger charge is -2.10. The highest BCUT2D eigenvalue weighted by Crippen LogP contribution is 2.35. The number of hydrogen-bond acceptors (Lipinski definition) is 4. The van der Waals surface area contributed by atoms with Crippen molar-refractivity contribution in [3.63, 3.8) is 0 Å². The lowest BCUT2D eigenvalue weighted by Crippen LogP contribution is -2.11. The first-order chi connectivity index (χ1) is 12.0. The van der Waals surface area contributed by atoms with Gasteiger partial charge in [-0.05, 0) is 17.7 Å². The fourth-order valence-electron chi connectivity index (χ4n) is 2.82. The zero-order chi connectivity index (χ0) is 17.4. The number of benzene rings is 1. The molecule has 128 valence electrons. The molecule has 5 nitrogen and oxygen atoms in total. The number of hydrogen-bond donors (Lipinski definition) is 0. The minimum atomic E-state index is -2.90. The first kappa shape index (κ1) is 15.7. The van der Waals surface area contributed by atoms with E-state index in [0.29, 0.717) is 24.5 Å². The van der Waals surface area contributed by atoms with E-state index in [1.807, 2.05) is 24.3 Å². The summed E-state index contributed by atoms with van der Waals surface area (Å²) >= 11 is 0. The van der Waals surface area contributed by atoms with Crippen LogP contribution >= 0.6 is 0 Å². The zero-order valence-electron chi connectivity index (χ0n) is 13.6. The molecule has 1 atom stereocenters. The van der Waals surface area contributed by atoms with E-state index >= 15 is 0 Å². The van der Waals surface area contributed by atoms with Crippen LogP contribution in [0.5, 0.6) is 5.75 Å². The van der Waals surface area contributed by atoms with E-state index in [9.17, 15) is 8.78 Å². The molecule has 3 heterocycles. The van der Waals surface area contributed by atoms with Crippen LogP contribution in [0.4, 0.5) is 8.78 Å². The second-order valence-corrected chi connectivity index (χ2v) is 6.14. The molecule has 7 heteroatoms. The maximum Gasteiger partial charge on any atom is 0.273 e. The van der Waals surface area contributed by atoms with E-state index < -0.39 is 5.92 Å². The molecule has 0 radical (unpaired) electrons. The van der Waals surface area contributed by atoms with Crippen molar-refractivity contribution in [2.75, 3.05) is 0 Å². The van der Waals surface area contributed by atoms with Gasteiger partial charge in [-0.25, -0.2) is 18.7 Å². The third kappa shape index (κ3) is 3.22. The Balaban J connectivity index is 1.52. The van der Waals surface area contributed by atoms with Gasteiger partial charge in [0.25, 0.3) is 5.92 Å². The SMILES string of the molecule is CC(F)(F)c1cnn(Cc2ccnc(C3Cc4ccccc4O3)n2)c1. The van der Waals surface area contributed by atoms with Crippen LogP contribution in [0.15, 0.2) is 48.9 Å². The maximum absolute atomic E-state index is 13.3. The number of alkyl halides is 2. The van der Waals surface area contributed by atoms with Gasteiger partial charge in [0.15, 0.2) is 11.9 Å². The molecule has 0 spiro atoms. The van der Waals surface area contributed by atoms with Crippen LogP contribution in [0.2, 0.25) is 0 Å². The predicted octanol–water partition coefficient (Wildman–Crippen LogP) is 3.51. The van der Waals surface area contributed by atoms with E-state index in [2.05, 4.69) is 15.1 Å². The molecule has 0 saturated carbocycles. The van der Waals surface area contributed by atoms with Gasteiger partial charge in [-0.1, -0.05) is 18.2 Å². The zero-order valence-corrected chi connectivity index (χ0v) is 13.6. The lowest BCUT2D eigenvalue weighted by atomic mass is 10.1. The van der Waals surface area contributed by atoms with Crippen LogP contribution in [0.25, 0.3) is 0 Å². The molecule has 2 aromatic heterocycles. The number of halogens is 2. The molecule has 25 heavy (non-hydrogen) atoms. The average Bonchev–Trinajstić information content (AvgIpc) is 3.21. The summed E-state index contributed by atoms with van der Waals surface area (Å²) in [6.45, 7) is 1.15. The second-order valence-electron chi connectivity index (χ2n) is 6.14. The fourth-order valence-corrected chi connectivity index (χ4v) is 2.82. The summed E-state index contributed by atoms with van der Waals surface area (Å²) in [7, 11) is 0. The van der Waals surface area contributed by atoms with E-state index in [1.165, 1.54) is 17.1 Å². The van der Waals surface area contributed by atoms with Crippen molar-refractivity contribution >= 4 is 0 Å². The first-order valence-electron chi connectivity index (χ1n) is 7.96. The second kappa shape index (κ2) is 5.91. The van der Waals surface area contributed by atoms with Crippen LogP contribution in [0.3, 0.4) is 0 Å². The van der Waals surface area contributed by atoms with Crippen molar-refractivity contribution in [1.82, 2.24) is 19.7 Å². The van der Waals surface area contributed by atoms with Crippen molar-refractivity contribution < 1.29 is 13.5 Å². The van der Waals surface area contributed by atoms with Crippen molar-refractivity contribution in [2.24, 2.45) is 0 Å².